The number of rotatable bonds is 5. The van der Waals surface area contributed by atoms with Crippen molar-refractivity contribution in [3.63, 3.8) is 0 Å². The minimum absolute atomic E-state index is 0.312. The summed E-state index contributed by atoms with van der Waals surface area (Å²) in [5, 5.41) is 0.446. The van der Waals surface area contributed by atoms with E-state index in [2.05, 4.69) is 4.98 Å². The van der Waals surface area contributed by atoms with E-state index in [-0.39, 0.29) is 0 Å². The molecule has 10 heteroatoms. The predicted molar refractivity (Wildman–Crippen MR) is 149 cm³/mol. The van der Waals surface area contributed by atoms with Crippen molar-refractivity contribution in [1.29, 1.82) is 0 Å². The van der Waals surface area contributed by atoms with E-state index in [1.807, 2.05) is 42.8 Å². The number of nitrogens with zero attached hydrogens (tertiary/aromatic N) is 4. The molecule has 200 valence electrons. The van der Waals surface area contributed by atoms with Gasteiger partial charge in [0.25, 0.3) is 5.56 Å². The van der Waals surface area contributed by atoms with E-state index in [1.54, 1.807) is 18.0 Å². The Bertz CT molecular complexity index is 1810. The summed E-state index contributed by atoms with van der Waals surface area (Å²) in [5.74, 6) is 0.208. The molecule has 0 saturated carbocycles. The maximum Gasteiger partial charge on any atom is 0.338 e. The van der Waals surface area contributed by atoms with E-state index in [0.29, 0.717) is 34.7 Å². The number of fused-ring (bicyclic) bond motifs is 1. The number of methoxy groups -OCH3 is 1. The molecule has 5 aromatic rings. The van der Waals surface area contributed by atoms with Crippen LogP contribution >= 0.6 is 11.3 Å². The van der Waals surface area contributed by atoms with E-state index in [1.165, 1.54) is 35.6 Å². The number of halogens is 1. The highest BCUT2D eigenvalue weighted by molar-refractivity contribution is 7.22. The molecular formula is C29H27FN4O4S. The summed E-state index contributed by atoms with van der Waals surface area (Å²) in [6.45, 7) is 4.35. The van der Waals surface area contributed by atoms with Crippen LogP contribution in [0.1, 0.15) is 36.7 Å². The van der Waals surface area contributed by atoms with Crippen molar-refractivity contribution in [3.8, 4) is 27.6 Å². The Labute approximate surface area is 227 Å². The average molecular weight is 547 g/mol. The zero-order valence-corrected chi connectivity index (χ0v) is 22.6. The molecule has 1 aliphatic rings. The zero-order chi connectivity index (χ0) is 27.3. The van der Waals surface area contributed by atoms with Crippen LogP contribution in [0.25, 0.3) is 32.0 Å². The Balaban J connectivity index is 1.60. The first-order valence-corrected chi connectivity index (χ1v) is 13.6. The monoisotopic (exact) mass is 546 g/mol. The summed E-state index contributed by atoms with van der Waals surface area (Å²) in [6, 6.07) is 11.2. The fourth-order valence-corrected chi connectivity index (χ4v) is 6.50. The number of aryl methyl sites for hydroxylation is 2. The summed E-state index contributed by atoms with van der Waals surface area (Å²) in [5.41, 5.74) is 2.73. The van der Waals surface area contributed by atoms with Crippen molar-refractivity contribution in [3.05, 3.63) is 92.9 Å². The quantitative estimate of drug-likeness (QED) is 0.290. The van der Waals surface area contributed by atoms with Gasteiger partial charge in [0.15, 0.2) is 0 Å². The Hall–Kier alpha value is -4.02. The van der Waals surface area contributed by atoms with Gasteiger partial charge in [0.1, 0.15) is 22.6 Å². The van der Waals surface area contributed by atoms with E-state index >= 15 is 0 Å². The summed E-state index contributed by atoms with van der Waals surface area (Å²) >= 11 is 1.39. The molecule has 0 bridgehead atoms. The summed E-state index contributed by atoms with van der Waals surface area (Å²) in [7, 11) is 1.61. The molecule has 4 heterocycles. The minimum Gasteiger partial charge on any atom is -0.495 e. The molecule has 3 aromatic heterocycles. The van der Waals surface area contributed by atoms with Gasteiger partial charge in [0.05, 0.1) is 35.9 Å². The largest absolute Gasteiger partial charge is 0.495 e. The highest BCUT2D eigenvalue weighted by Crippen LogP contribution is 2.40. The van der Waals surface area contributed by atoms with Crippen LogP contribution < -0.4 is 16.0 Å². The molecule has 0 spiro atoms. The molecule has 0 aliphatic carbocycles. The van der Waals surface area contributed by atoms with Gasteiger partial charge in [-0.15, -0.1) is 11.3 Å². The zero-order valence-electron chi connectivity index (χ0n) is 21.8. The molecule has 2 aromatic carbocycles. The van der Waals surface area contributed by atoms with Crippen molar-refractivity contribution in [2.24, 2.45) is 0 Å². The average Bonchev–Trinajstić information content (AvgIpc) is 3.53. The van der Waals surface area contributed by atoms with Crippen molar-refractivity contribution >= 4 is 21.6 Å². The number of hydrogen-bond donors (Lipinski definition) is 0. The molecule has 0 N–H and O–H groups in total. The smallest absolute Gasteiger partial charge is 0.338 e. The summed E-state index contributed by atoms with van der Waals surface area (Å²) in [6.07, 6.45) is 5.66. The molecular weight excluding hydrogens is 519 g/mol. The van der Waals surface area contributed by atoms with Crippen LogP contribution in [-0.2, 0) is 4.74 Å². The lowest BCUT2D eigenvalue weighted by molar-refractivity contribution is -0.0320. The highest BCUT2D eigenvalue weighted by Gasteiger charge is 2.27. The Morgan fingerprint density at radius 2 is 1.90 bits per heavy atom. The first kappa shape index (κ1) is 25.3. The highest BCUT2D eigenvalue weighted by atomic mass is 32.1. The molecule has 0 amide bonds. The third kappa shape index (κ3) is 4.29. The van der Waals surface area contributed by atoms with Crippen LogP contribution in [0, 0.1) is 19.7 Å². The SMILES string of the molecule is COc1cc(-c2sc3c(c2C)c(=O)n(-c2ccc(F)cc2)c(=O)n3C2CCCCO2)ccc1-n1cnc(C)c1. The topological polar surface area (TPSA) is 80.3 Å². The second kappa shape index (κ2) is 9.94. The van der Waals surface area contributed by atoms with Gasteiger partial charge in [0, 0.05) is 17.7 Å². The Kier molecular flexibility index (Phi) is 6.44. The maximum atomic E-state index is 13.9. The lowest BCUT2D eigenvalue weighted by Gasteiger charge is -2.25. The van der Waals surface area contributed by atoms with Crippen LogP contribution in [0.4, 0.5) is 4.39 Å². The van der Waals surface area contributed by atoms with Gasteiger partial charge in [-0.3, -0.25) is 9.36 Å². The van der Waals surface area contributed by atoms with Crippen molar-refractivity contribution in [1.82, 2.24) is 18.7 Å². The number of imidazole rings is 1. The van der Waals surface area contributed by atoms with Crippen LogP contribution in [-0.4, -0.2) is 32.4 Å². The molecule has 0 radical (unpaired) electrons. The van der Waals surface area contributed by atoms with Crippen molar-refractivity contribution in [2.75, 3.05) is 13.7 Å². The number of thiophene rings is 1. The normalized spacial score (nSPS) is 15.6. The van der Waals surface area contributed by atoms with Crippen molar-refractivity contribution in [2.45, 2.75) is 39.3 Å². The molecule has 1 saturated heterocycles. The number of hydrogen-bond acceptors (Lipinski definition) is 6. The van der Waals surface area contributed by atoms with E-state index in [0.717, 1.165) is 44.8 Å². The Morgan fingerprint density at radius 3 is 2.56 bits per heavy atom. The molecule has 1 aliphatic heterocycles. The number of ether oxygens (including phenoxy) is 2. The van der Waals surface area contributed by atoms with Gasteiger partial charge in [-0.2, -0.15) is 0 Å². The van der Waals surface area contributed by atoms with Crippen molar-refractivity contribution < 1.29 is 13.9 Å². The standard InChI is InChI=1S/C29H27FN4O4S/c1-17-15-32(16-31-17)22-12-7-19(14-23(22)37-3)26-18(2)25-27(35)33(21-10-8-20(30)9-11-21)29(36)34(28(25)39-26)24-6-4-5-13-38-24/h7-12,14-16,24H,4-6,13H2,1-3H3. The first-order chi connectivity index (χ1) is 18.9. The summed E-state index contributed by atoms with van der Waals surface area (Å²) < 4.78 is 30.0. The van der Waals surface area contributed by atoms with Gasteiger partial charge in [0.2, 0.25) is 0 Å². The number of aromatic nitrogens is 4. The molecule has 6 rings (SSSR count). The molecule has 1 atom stereocenters. The van der Waals surface area contributed by atoms with E-state index in [9.17, 15) is 14.0 Å². The first-order valence-electron chi connectivity index (χ1n) is 12.7. The molecule has 1 unspecified atom stereocenters. The molecule has 8 nitrogen and oxygen atoms in total. The lowest BCUT2D eigenvalue weighted by atomic mass is 10.1. The lowest BCUT2D eigenvalue weighted by Crippen LogP contribution is -2.41. The van der Waals surface area contributed by atoms with Crippen LogP contribution in [0.5, 0.6) is 5.75 Å². The van der Waals surface area contributed by atoms with Gasteiger partial charge >= 0.3 is 5.69 Å². The number of benzene rings is 2. The van der Waals surface area contributed by atoms with Crippen LogP contribution in [0.2, 0.25) is 0 Å². The third-order valence-electron chi connectivity index (χ3n) is 7.12. The van der Waals surface area contributed by atoms with Gasteiger partial charge < -0.3 is 14.0 Å². The maximum absolute atomic E-state index is 13.9. The fourth-order valence-electron chi connectivity index (χ4n) is 5.17. The van der Waals surface area contributed by atoms with Gasteiger partial charge in [-0.25, -0.2) is 18.7 Å². The van der Waals surface area contributed by atoms with E-state index in [4.69, 9.17) is 9.47 Å². The fraction of sp³-hybridized carbons (Fsp3) is 0.276. The van der Waals surface area contributed by atoms with Gasteiger partial charge in [-0.1, -0.05) is 6.07 Å². The minimum atomic E-state index is -0.498. The third-order valence-corrected chi connectivity index (χ3v) is 8.46. The predicted octanol–water partition coefficient (Wildman–Crippen LogP) is 5.53. The van der Waals surface area contributed by atoms with E-state index < -0.39 is 23.3 Å². The van der Waals surface area contributed by atoms with Crippen LogP contribution in [0.3, 0.4) is 0 Å². The molecule has 1 fully saturated rings. The molecule has 39 heavy (non-hydrogen) atoms. The second-order valence-corrected chi connectivity index (χ2v) is 10.6. The second-order valence-electron chi connectivity index (χ2n) is 9.64. The van der Waals surface area contributed by atoms with Gasteiger partial charge in [-0.05, 0) is 80.6 Å². The Morgan fingerprint density at radius 1 is 1.10 bits per heavy atom. The summed E-state index contributed by atoms with van der Waals surface area (Å²) in [4.78, 5) is 33.5. The van der Waals surface area contributed by atoms with Crippen LogP contribution in [0.15, 0.2) is 64.6 Å².